The van der Waals surface area contributed by atoms with Crippen LogP contribution in [0.3, 0.4) is 0 Å². The minimum absolute atomic E-state index is 0.120. The maximum absolute atomic E-state index is 12.7. The molecule has 1 amide bonds. The molecule has 0 aliphatic carbocycles. The van der Waals surface area contributed by atoms with Gasteiger partial charge >= 0.3 is 0 Å². The lowest BCUT2D eigenvalue weighted by Gasteiger charge is -2.28. The SMILES string of the molecule is Cc1c(/C=C2\SC(=S)N(C)C2=O)c(N2CCCCCC2)n(C)c(=O)c1C#N. The van der Waals surface area contributed by atoms with E-state index in [0.717, 1.165) is 37.3 Å². The number of nitrogens with zero attached hydrogens (tertiary/aromatic N) is 4. The quantitative estimate of drug-likeness (QED) is 0.560. The van der Waals surface area contributed by atoms with E-state index in [4.69, 9.17) is 12.2 Å². The number of amides is 1. The van der Waals surface area contributed by atoms with Gasteiger partial charge in [0.1, 0.15) is 21.8 Å². The number of thiocarbonyl (C=S) groups is 1. The summed E-state index contributed by atoms with van der Waals surface area (Å²) in [7, 11) is 3.35. The molecule has 142 valence electrons. The highest BCUT2D eigenvalue weighted by atomic mass is 32.2. The largest absolute Gasteiger partial charge is 0.357 e. The van der Waals surface area contributed by atoms with E-state index >= 15 is 0 Å². The van der Waals surface area contributed by atoms with Crippen molar-refractivity contribution in [3.8, 4) is 6.07 Å². The van der Waals surface area contributed by atoms with Gasteiger partial charge in [0.05, 0.1) is 4.91 Å². The lowest BCUT2D eigenvalue weighted by molar-refractivity contribution is -0.121. The summed E-state index contributed by atoms with van der Waals surface area (Å²) >= 11 is 6.47. The molecule has 0 unspecified atom stereocenters. The fourth-order valence-corrected chi connectivity index (χ4v) is 4.71. The normalized spacial score (nSPS) is 19.6. The molecular weight excluding hydrogens is 380 g/mol. The van der Waals surface area contributed by atoms with Gasteiger partial charge in [0.15, 0.2) is 0 Å². The Morgan fingerprint density at radius 3 is 2.30 bits per heavy atom. The van der Waals surface area contributed by atoms with Crippen molar-refractivity contribution in [3.05, 3.63) is 31.9 Å². The van der Waals surface area contributed by atoms with Crippen LogP contribution in [0.2, 0.25) is 0 Å². The van der Waals surface area contributed by atoms with E-state index in [0.29, 0.717) is 14.8 Å². The molecule has 8 heteroatoms. The Hall–Kier alpha value is -2.11. The predicted octanol–water partition coefficient (Wildman–Crippen LogP) is 2.78. The highest BCUT2D eigenvalue weighted by Gasteiger charge is 2.30. The average Bonchev–Trinajstić information content (AvgIpc) is 2.85. The van der Waals surface area contributed by atoms with E-state index in [-0.39, 0.29) is 17.0 Å². The fourth-order valence-electron chi connectivity index (χ4n) is 3.55. The Morgan fingerprint density at radius 2 is 1.78 bits per heavy atom. The van der Waals surface area contributed by atoms with Gasteiger partial charge in [-0.05, 0) is 31.4 Å². The van der Waals surface area contributed by atoms with Crippen LogP contribution in [0.4, 0.5) is 5.82 Å². The highest BCUT2D eigenvalue weighted by molar-refractivity contribution is 8.26. The minimum atomic E-state index is -0.297. The van der Waals surface area contributed by atoms with Crippen LogP contribution in [0.25, 0.3) is 6.08 Å². The molecule has 0 spiro atoms. The van der Waals surface area contributed by atoms with Gasteiger partial charge in [-0.1, -0.05) is 36.8 Å². The summed E-state index contributed by atoms with van der Waals surface area (Å²) in [4.78, 5) is 29.4. The summed E-state index contributed by atoms with van der Waals surface area (Å²) < 4.78 is 2.06. The summed E-state index contributed by atoms with van der Waals surface area (Å²) in [5.41, 5.74) is 1.19. The number of pyridine rings is 1. The van der Waals surface area contributed by atoms with Gasteiger partial charge in [-0.3, -0.25) is 19.1 Å². The number of carbonyl (C=O) groups excluding carboxylic acids is 1. The van der Waals surface area contributed by atoms with Gasteiger partial charge in [-0.25, -0.2) is 0 Å². The molecular formula is C19H22N4O2S2. The highest BCUT2D eigenvalue weighted by Crippen LogP contribution is 2.35. The second-order valence-electron chi connectivity index (χ2n) is 6.86. The van der Waals surface area contributed by atoms with Crippen LogP contribution in [-0.2, 0) is 11.8 Å². The van der Waals surface area contributed by atoms with E-state index in [2.05, 4.69) is 4.90 Å². The smallest absolute Gasteiger partial charge is 0.270 e. The third-order valence-corrected chi connectivity index (χ3v) is 6.62. The second kappa shape index (κ2) is 7.87. The Balaban J connectivity index is 2.23. The third kappa shape index (κ3) is 3.54. The number of anilines is 1. The molecule has 0 radical (unpaired) electrons. The number of likely N-dealkylation sites (N-methyl/N-ethyl adjacent to an activating group) is 1. The summed E-state index contributed by atoms with van der Waals surface area (Å²) in [5.74, 6) is 0.623. The molecule has 0 aromatic carbocycles. The first kappa shape index (κ1) is 19.6. The molecule has 2 aliphatic rings. The molecule has 27 heavy (non-hydrogen) atoms. The van der Waals surface area contributed by atoms with E-state index in [1.165, 1.54) is 29.5 Å². The molecule has 1 aromatic heterocycles. The van der Waals surface area contributed by atoms with Crippen molar-refractivity contribution in [2.75, 3.05) is 25.0 Å². The Bertz CT molecular complexity index is 934. The Kier molecular flexibility index (Phi) is 5.72. The third-order valence-electron chi connectivity index (χ3n) is 5.14. The van der Waals surface area contributed by atoms with E-state index in [1.54, 1.807) is 31.7 Å². The van der Waals surface area contributed by atoms with Crippen molar-refractivity contribution in [3.63, 3.8) is 0 Å². The van der Waals surface area contributed by atoms with Crippen molar-refractivity contribution in [1.82, 2.24) is 9.47 Å². The van der Waals surface area contributed by atoms with Crippen LogP contribution in [0, 0.1) is 18.3 Å². The summed E-state index contributed by atoms with van der Waals surface area (Å²) in [6.07, 6.45) is 6.25. The standard InChI is InChI=1S/C19H22N4O2S2/c1-12-13(10-15-18(25)22(3)19(26)27-15)16(21(2)17(24)14(12)11-20)23-8-6-4-5-7-9-23/h10H,4-9H2,1-3H3/b15-10-. The Morgan fingerprint density at radius 1 is 1.15 bits per heavy atom. The van der Waals surface area contributed by atoms with E-state index in [9.17, 15) is 14.9 Å². The number of rotatable bonds is 2. The first-order valence-electron chi connectivity index (χ1n) is 8.97. The maximum atomic E-state index is 12.7. The number of hydrogen-bond donors (Lipinski definition) is 0. The topological polar surface area (TPSA) is 69.3 Å². The fraction of sp³-hybridized carbons (Fsp3) is 0.474. The van der Waals surface area contributed by atoms with Crippen LogP contribution in [0.5, 0.6) is 0 Å². The molecule has 1 aromatic rings. The predicted molar refractivity (Wildman–Crippen MR) is 113 cm³/mol. The molecule has 2 aliphatic heterocycles. The number of carbonyl (C=O) groups is 1. The van der Waals surface area contributed by atoms with Crippen molar-refractivity contribution < 1.29 is 4.79 Å². The summed E-state index contributed by atoms with van der Waals surface area (Å²) in [6.45, 7) is 3.49. The van der Waals surface area contributed by atoms with Crippen molar-refractivity contribution in [1.29, 1.82) is 5.26 Å². The molecule has 2 saturated heterocycles. The van der Waals surface area contributed by atoms with Gasteiger partial charge in [0, 0.05) is 32.7 Å². The average molecular weight is 403 g/mol. The van der Waals surface area contributed by atoms with Gasteiger partial charge in [-0.2, -0.15) is 5.26 Å². The zero-order valence-electron chi connectivity index (χ0n) is 15.7. The monoisotopic (exact) mass is 402 g/mol. The number of hydrogen-bond acceptors (Lipinski definition) is 6. The van der Waals surface area contributed by atoms with Gasteiger partial charge < -0.3 is 4.90 Å². The Labute approximate surface area is 168 Å². The molecule has 0 atom stereocenters. The zero-order valence-corrected chi connectivity index (χ0v) is 17.4. The van der Waals surface area contributed by atoms with Crippen LogP contribution in [0.15, 0.2) is 9.70 Å². The van der Waals surface area contributed by atoms with E-state index in [1.807, 2.05) is 6.07 Å². The van der Waals surface area contributed by atoms with E-state index < -0.39 is 0 Å². The zero-order chi connectivity index (χ0) is 19.7. The minimum Gasteiger partial charge on any atom is -0.357 e. The molecule has 3 rings (SSSR count). The van der Waals surface area contributed by atoms with Crippen LogP contribution in [-0.4, -0.2) is 39.8 Å². The summed E-state index contributed by atoms with van der Waals surface area (Å²) in [5, 5.41) is 9.49. The lowest BCUT2D eigenvalue weighted by Crippen LogP contribution is -2.34. The van der Waals surface area contributed by atoms with Gasteiger partial charge in [0.25, 0.3) is 11.5 Å². The van der Waals surface area contributed by atoms with Crippen LogP contribution < -0.4 is 10.5 Å². The first-order valence-corrected chi connectivity index (χ1v) is 10.2. The van der Waals surface area contributed by atoms with Crippen molar-refractivity contribution >= 4 is 46.1 Å². The lowest BCUT2D eigenvalue weighted by atomic mass is 10.0. The molecule has 2 fully saturated rings. The van der Waals surface area contributed by atoms with Gasteiger partial charge in [-0.15, -0.1) is 0 Å². The first-order chi connectivity index (χ1) is 12.9. The molecule has 0 saturated carbocycles. The number of thioether (sulfide) groups is 1. The van der Waals surface area contributed by atoms with Crippen LogP contribution in [0.1, 0.15) is 42.4 Å². The molecule has 0 bridgehead atoms. The second-order valence-corrected chi connectivity index (χ2v) is 8.53. The summed E-state index contributed by atoms with van der Waals surface area (Å²) in [6, 6.07) is 2.03. The molecule has 6 nitrogen and oxygen atoms in total. The number of aromatic nitrogens is 1. The molecule has 3 heterocycles. The number of nitriles is 1. The van der Waals surface area contributed by atoms with Crippen molar-refractivity contribution in [2.45, 2.75) is 32.6 Å². The maximum Gasteiger partial charge on any atom is 0.270 e. The van der Waals surface area contributed by atoms with Crippen LogP contribution >= 0.6 is 24.0 Å². The van der Waals surface area contributed by atoms with Crippen molar-refractivity contribution in [2.24, 2.45) is 7.05 Å². The molecule has 0 N–H and O–H groups in total. The van der Waals surface area contributed by atoms with Gasteiger partial charge in [0.2, 0.25) is 0 Å².